The van der Waals surface area contributed by atoms with E-state index < -0.39 is 0 Å². The van der Waals surface area contributed by atoms with Crippen LogP contribution in [0.15, 0.2) is 35.7 Å². The predicted octanol–water partition coefficient (Wildman–Crippen LogP) is 3.64. The van der Waals surface area contributed by atoms with Crippen LogP contribution in [0.25, 0.3) is 0 Å². The summed E-state index contributed by atoms with van der Waals surface area (Å²) in [7, 11) is 0. The summed E-state index contributed by atoms with van der Waals surface area (Å²) in [5, 5.41) is 2.06. The van der Waals surface area contributed by atoms with Crippen molar-refractivity contribution in [2.75, 3.05) is 10.6 Å². The van der Waals surface area contributed by atoms with Crippen LogP contribution in [0.1, 0.15) is 17.7 Å². The minimum Gasteiger partial charge on any atom is -0.399 e. The molecule has 1 fully saturated rings. The molecule has 1 aromatic heterocycles. The van der Waals surface area contributed by atoms with Crippen molar-refractivity contribution in [1.29, 1.82) is 0 Å². The summed E-state index contributed by atoms with van der Waals surface area (Å²) in [5.41, 5.74) is 6.74. The zero-order chi connectivity index (χ0) is 12.5. The Kier molecular flexibility index (Phi) is 2.96. The van der Waals surface area contributed by atoms with Crippen molar-refractivity contribution in [1.82, 2.24) is 0 Å². The molecule has 2 aromatic rings. The lowest BCUT2D eigenvalue weighted by Crippen LogP contribution is -2.25. The summed E-state index contributed by atoms with van der Waals surface area (Å²) in [5.74, 6) is -0.224. The van der Waals surface area contributed by atoms with Crippen molar-refractivity contribution < 1.29 is 4.39 Å². The topological polar surface area (TPSA) is 29.3 Å². The van der Waals surface area contributed by atoms with Crippen LogP contribution in [0.3, 0.4) is 0 Å². The summed E-state index contributed by atoms with van der Waals surface area (Å²) in [6.07, 6.45) is 2.30. The van der Waals surface area contributed by atoms with Crippen LogP contribution in [0, 0.1) is 5.82 Å². The average Bonchev–Trinajstić information content (AvgIpc) is 3.05. The highest BCUT2D eigenvalue weighted by Gasteiger charge is 2.30. The summed E-state index contributed by atoms with van der Waals surface area (Å²) >= 11 is 1.71. The predicted molar refractivity (Wildman–Crippen MR) is 74.3 cm³/mol. The van der Waals surface area contributed by atoms with Gasteiger partial charge < -0.3 is 10.6 Å². The summed E-state index contributed by atoms with van der Waals surface area (Å²) < 4.78 is 14.0. The van der Waals surface area contributed by atoms with E-state index in [1.807, 2.05) is 6.07 Å². The molecule has 4 heteroatoms. The largest absolute Gasteiger partial charge is 0.399 e. The van der Waals surface area contributed by atoms with Crippen molar-refractivity contribution in [3.05, 3.63) is 46.4 Å². The Morgan fingerprint density at radius 2 is 2.17 bits per heavy atom. The van der Waals surface area contributed by atoms with Gasteiger partial charge in [0.05, 0.1) is 12.2 Å². The van der Waals surface area contributed by atoms with E-state index in [-0.39, 0.29) is 5.82 Å². The van der Waals surface area contributed by atoms with Gasteiger partial charge in [-0.15, -0.1) is 11.3 Å². The normalized spacial score (nSPS) is 14.7. The number of hydrogen-bond donors (Lipinski definition) is 1. The van der Waals surface area contributed by atoms with E-state index in [9.17, 15) is 4.39 Å². The second kappa shape index (κ2) is 4.61. The van der Waals surface area contributed by atoms with Crippen LogP contribution in [-0.2, 0) is 6.54 Å². The number of nitrogens with two attached hydrogens (primary N) is 1. The Balaban J connectivity index is 1.89. The third kappa shape index (κ3) is 2.34. The third-order valence-corrected chi connectivity index (χ3v) is 4.04. The van der Waals surface area contributed by atoms with E-state index in [1.165, 1.54) is 10.9 Å². The molecule has 18 heavy (non-hydrogen) atoms. The lowest BCUT2D eigenvalue weighted by atomic mass is 10.2. The zero-order valence-electron chi connectivity index (χ0n) is 9.97. The van der Waals surface area contributed by atoms with E-state index in [1.54, 1.807) is 23.5 Å². The maximum absolute atomic E-state index is 14.0. The molecule has 1 aliphatic carbocycles. The number of rotatable bonds is 4. The molecule has 3 rings (SSSR count). The SMILES string of the molecule is Nc1ccc(N(Cc2cccs2)C2CC2)c(F)c1. The molecule has 0 spiro atoms. The standard InChI is InChI=1S/C14H15FN2S/c15-13-8-10(16)3-6-14(13)17(11-4-5-11)9-12-2-1-7-18-12/h1-3,6-8,11H,4-5,9,16H2. The van der Waals surface area contributed by atoms with E-state index in [0.717, 1.165) is 19.4 Å². The molecule has 2 N–H and O–H groups in total. The molecule has 94 valence electrons. The average molecular weight is 262 g/mol. The van der Waals surface area contributed by atoms with Crippen molar-refractivity contribution in [2.45, 2.75) is 25.4 Å². The molecular formula is C14H15FN2S. The minimum absolute atomic E-state index is 0.224. The van der Waals surface area contributed by atoms with Crippen molar-refractivity contribution in [3.63, 3.8) is 0 Å². The Morgan fingerprint density at radius 3 is 2.78 bits per heavy atom. The summed E-state index contributed by atoms with van der Waals surface area (Å²) in [4.78, 5) is 3.42. The van der Waals surface area contributed by atoms with Crippen molar-refractivity contribution >= 4 is 22.7 Å². The molecule has 0 radical (unpaired) electrons. The smallest absolute Gasteiger partial charge is 0.148 e. The molecule has 0 unspecified atom stereocenters. The second-order valence-electron chi connectivity index (χ2n) is 4.65. The first-order chi connectivity index (χ1) is 8.74. The van der Waals surface area contributed by atoms with Gasteiger partial charge in [0.15, 0.2) is 0 Å². The van der Waals surface area contributed by atoms with E-state index in [4.69, 9.17) is 5.73 Å². The van der Waals surface area contributed by atoms with Crippen LogP contribution in [-0.4, -0.2) is 6.04 Å². The number of anilines is 2. The number of thiophene rings is 1. The molecule has 1 saturated carbocycles. The molecule has 1 aliphatic rings. The van der Waals surface area contributed by atoms with Crippen LogP contribution in [0.5, 0.6) is 0 Å². The van der Waals surface area contributed by atoms with Crippen LogP contribution >= 0.6 is 11.3 Å². The second-order valence-corrected chi connectivity index (χ2v) is 5.68. The maximum atomic E-state index is 14.0. The highest BCUT2D eigenvalue weighted by molar-refractivity contribution is 7.09. The Bertz CT molecular complexity index is 535. The maximum Gasteiger partial charge on any atom is 0.148 e. The van der Waals surface area contributed by atoms with Gasteiger partial charge in [0.25, 0.3) is 0 Å². The Hall–Kier alpha value is -1.55. The molecule has 0 amide bonds. The van der Waals surface area contributed by atoms with Gasteiger partial charge in [-0.3, -0.25) is 0 Å². The lowest BCUT2D eigenvalue weighted by molar-refractivity contribution is 0.616. The van der Waals surface area contributed by atoms with E-state index in [2.05, 4.69) is 16.3 Å². The molecule has 0 bridgehead atoms. The fraction of sp³-hybridized carbons (Fsp3) is 0.286. The van der Waals surface area contributed by atoms with Gasteiger partial charge in [-0.25, -0.2) is 4.39 Å². The van der Waals surface area contributed by atoms with Gasteiger partial charge >= 0.3 is 0 Å². The molecule has 0 atom stereocenters. The Labute approximate surface area is 110 Å². The van der Waals surface area contributed by atoms with Gasteiger partial charge in [0.2, 0.25) is 0 Å². The minimum atomic E-state index is -0.224. The van der Waals surface area contributed by atoms with Gasteiger partial charge in [-0.2, -0.15) is 0 Å². The first-order valence-corrected chi connectivity index (χ1v) is 6.96. The van der Waals surface area contributed by atoms with Crippen LogP contribution in [0.2, 0.25) is 0 Å². The molecule has 0 aliphatic heterocycles. The fourth-order valence-electron chi connectivity index (χ4n) is 2.12. The first kappa shape index (κ1) is 11.5. The third-order valence-electron chi connectivity index (χ3n) is 3.18. The molecule has 0 saturated heterocycles. The summed E-state index contributed by atoms with van der Waals surface area (Å²) in [6, 6.07) is 9.56. The molecule has 1 heterocycles. The quantitative estimate of drug-likeness (QED) is 0.852. The highest BCUT2D eigenvalue weighted by Crippen LogP contribution is 2.35. The number of halogens is 1. The van der Waals surface area contributed by atoms with E-state index in [0.29, 0.717) is 17.4 Å². The Morgan fingerprint density at radius 1 is 1.33 bits per heavy atom. The zero-order valence-corrected chi connectivity index (χ0v) is 10.8. The van der Waals surface area contributed by atoms with Crippen molar-refractivity contribution in [2.24, 2.45) is 0 Å². The van der Waals surface area contributed by atoms with Crippen molar-refractivity contribution in [3.8, 4) is 0 Å². The lowest BCUT2D eigenvalue weighted by Gasteiger charge is -2.24. The van der Waals surface area contributed by atoms with Gasteiger partial charge in [0.1, 0.15) is 5.82 Å². The number of hydrogen-bond acceptors (Lipinski definition) is 3. The van der Waals surface area contributed by atoms with Gasteiger partial charge in [0, 0.05) is 16.6 Å². The fourth-order valence-corrected chi connectivity index (χ4v) is 2.83. The highest BCUT2D eigenvalue weighted by atomic mass is 32.1. The van der Waals surface area contributed by atoms with Gasteiger partial charge in [-0.05, 0) is 42.5 Å². The van der Waals surface area contributed by atoms with Crippen LogP contribution < -0.4 is 10.6 Å². The molecule has 2 nitrogen and oxygen atoms in total. The summed E-state index contributed by atoms with van der Waals surface area (Å²) in [6.45, 7) is 0.781. The number of nitrogen functional groups attached to an aromatic ring is 1. The number of nitrogens with zero attached hydrogens (tertiary/aromatic N) is 1. The van der Waals surface area contributed by atoms with Gasteiger partial charge in [-0.1, -0.05) is 6.07 Å². The molecule has 1 aromatic carbocycles. The first-order valence-electron chi connectivity index (χ1n) is 6.08. The van der Waals surface area contributed by atoms with E-state index >= 15 is 0 Å². The molecular weight excluding hydrogens is 247 g/mol. The number of benzene rings is 1. The van der Waals surface area contributed by atoms with Crippen LogP contribution in [0.4, 0.5) is 15.8 Å². The monoisotopic (exact) mass is 262 g/mol.